The van der Waals surface area contributed by atoms with E-state index in [4.69, 9.17) is 4.84 Å². The van der Waals surface area contributed by atoms with Gasteiger partial charge in [-0.25, -0.2) is 22.6 Å². The van der Waals surface area contributed by atoms with E-state index in [9.17, 15) is 17.6 Å². The highest BCUT2D eigenvalue weighted by Gasteiger charge is 2.19. The van der Waals surface area contributed by atoms with Crippen LogP contribution in [-0.4, -0.2) is 61.8 Å². The van der Waals surface area contributed by atoms with E-state index in [0.717, 1.165) is 67.6 Å². The van der Waals surface area contributed by atoms with E-state index < -0.39 is 23.3 Å². The van der Waals surface area contributed by atoms with Crippen molar-refractivity contribution in [2.75, 3.05) is 44.2 Å². The molecule has 0 bridgehead atoms. The van der Waals surface area contributed by atoms with Crippen LogP contribution in [0.5, 0.6) is 0 Å². The standard InChI is InChI=1S/C29H25F4N5O/c1-34-39-29(20-14-22(31)17-23(32)15-20)36-8-9-37-10-12-38(13-11-37)28-6-7-35-27-16-19(2-4-24(27)28)25-18-21(30)3-5-26(25)33/h2-7,14-18H,1,8-13H2. The minimum atomic E-state index is -0.734. The van der Waals surface area contributed by atoms with Gasteiger partial charge in [-0.3, -0.25) is 9.88 Å². The highest BCUT2D eigenvalue weighted by atomic mass is 19.1. The second kappa shape index (κ2) is 11.6. The minimum Gasteiger partial charge on any atom is -0.368 e. The Bertz CT molecular complexity index is 1520. The van der Waals surface area contributed by atoms with Crippen molar-refractivity contribution in [3.8, 4) is 11.1 Å². The number of aromatic nitrogens is 1. The summed E-state index contributed by atoms with van der Waals surface area (Å²) < 4.78 is 55.2. The van der Waals surface area contributed by atoms with Crippen molar-refractivity contribution in [3.05, 3.63) is 95.7 Å². The van der Waals surface area contributed by atoms with Crippen molar-refractivity contribution in [1.82, 2.24) is 9.88 Å². The fourth-order valence-electron chi connectivity index (χ4n) is 4.71. The summed E-state index contributed by atoms with van der Waals surface area (Å²) in [4.78, 5) is 18.3. The lowest BCUT2D eigenvalue weighted by molar-refractivity contribution is 0.263. The van der Waals surface area contributed by atoms with Gasteiger partial charge in [0.15, 0.2) is 0 Å². The number of fused-ring (bicyclic) bond motifs is 1. The first-order chi connectivity index (χ1) is 18.9. The number of oxime groups is 1. The molecule has 0 N–H and O–H groups in total. The molecular weight excluding hydrogens is 510 g/mol. The Hall–Kier alpha value is -4.31. The lowest BCUT2D eigenvalue weighted by Gasteiger charge is -2.36. The fraction of sp³-hybridized carbons (Fsp3) is 0.207. The molecule has 1 aromatic heterocycles. The summed E-state index contributed by atoms with van der Waals surface area (Å²) in [6.45, 7) is 7.30. The summed E-state index contributed by atoms with van der Waals surface area (Å²) in [5.41, 5.74) is 2.62. The van der Waals surface area contributed by atoms with E-state index in [-0.39, 0.29) is 17.0 Å². The molecule has 5 rings (SSSR count). The van der Waals surface area contributed by atoms with Gasteiger partial charge in [0, 0.05) is 73.9 Å². The molecule has 4 aromatic rings. The third-order valence-corrected chi connectivity index (χ3v) is 6.60. The molecule has 10 heteroatoms. The predicted octanol–water partition coefficient (Wildman–Crippen LogP) is 5.66. The maximum absolute atomic E-state index is 14.3. The third-order valence-electron chi connectivity index (χ3n) is 6.60. The number of nitrogens with zero attached hydrogens (tertiary/aromatic N) is 5. The monoisotopic (exact) mass is 535 g/mol. The average Bonchev–Trinajstić information content (AvgIpc) is 2.93. The van der Waals surface area contributed by atoms with Crippen LogP contribution >= 0.6 is 0 Å². The van der Waals surface area contributed by atoms with Gasteiger partial charge in [-0.1, -0.05) is 17.3 Å². The van der Waals surface area contributed by atoms with Gasteiger partial charge in [0.2, 0.25) is 0 Å². The number of halogens is 4. The zero-order valence-corrected chi connectivity index (χ0v) is 21.0. The first-order valence-electron chi connectivity index (χ1n) is 12.4. The summed E-state index contributed by atoms with van der Waals surface area (Å²) in [6.07, 6.45) is 1.72. The normalized spacial score (nSPS) is 14.6. The van der Waals surface area contributed by atoms with Crippen LogP contribution in [0.4, 0.5) is 23.2 Å². The van der Waals surface area contributed by atoms with Crippen LogP contribution < -0.4 is 4.90 Å². The maximum atomic E-state index is 14.3. The Labute approximate surface area is 222 Å². The van der Waals surface area contributed by atoms with E-state index >= 15 is 0 Å². The van der Waals surface area contributed by atoms with Crippen molar-refractivity contribution in [2.45, 2.75) is 0 Å². The highest BCUT2D eigenvalue weighted by Crippen LogP contribution is 2.31. The molecule has 1 aliphatic rings. The molecule has 0 amide bonds. The van der Waals surface area contributed by atoms with E-state index in [2.05, 4.69) is 31.6 Å². The van der Waals surface area contributed by atoms with Gasteiger partial charge in [0.1, 0.15) is 23.3 Å². The summed E-state index contributed by atoms with van der Waals surface area (Å²) in [5, 5.41) is 4.28. The average molecular weight is 536 g/mol. The molecule has 0 aliphatic carbocycles. The molecule has 3 aromatic carbocycles. The van der Waals surface area contributed by atoms with Gasteiger partial charge in [0.05, 0.1) is 12.1 Å². The number of aliphatic imine (C=N–C) groups is 1. The number of pyridine rings is 1. The van der Waals surface area contributed by atoms with Gasteiger partial charge in [-0.05, 0) is 48.0 Å². The Balaban J connectivity index is 1.24. The quantitative estimate of drug-likeness (QED) is 0.133. The minimum absolute atomic E-state index is 0.00258. The molecule has 2 heterocycles. The van der Waals surface area contributed by atoms with E-state index in [0.29, 0.717) is 24.2 Å². The van der Waals surface area contributed by atoms with Crippen molar-refractivity contribution in [3.63, 3.8) is 0 Å². The molecule has 0 atom stereocenters. The second-order valence-corrected chi connectivity index (χ2v) is 9.08. The molecular formula is C29H25F4N5O. The van der Waals surface area contributed by atoms with Gasteiger partial charge in [-0.15, -0.1) is 0 Å². The zero-order valence-electron chi connectivity index (χ0n) is 21.0. The van der Waals surface area contributed by atoms with Crippen LogP contribution in [0.15, 0.2) is 77.0 Å². The molecule has 1 aliphatic heterocycles. The van der Waals surface area contributed by atoms with Gasteiger partial charge < -0.3 is 9.74 Å². The Morgan fingerprint density at radius 1 is 0.872 bits per heavy atom. The van der Waals surface area contributed by atoms with Crippen LogP contribution in [0.3, 0.4) is 0 Å². The van der Waals surface area contributed by atoms with Crippen molar-refractivity contribution < 1.29 is 22.4 Å². The van der Waals surface area contributed by atoms with Crippen LogP contribution in [0, 0.1) is 23.3 Å². The van der Waals surface area contributed by atoms with Crippen molar-refractivity contribution in [1.29, 1.82) is 0 Å². The van der Waals surface area contributed by atoms with Crippen LogP contribution in [0.2, 0.25) is 0 Å². The summed E-state index contributed by atoms with van der Waals surface area (Å²) in [7, 11) is 0. The Morgan fingerprint density at radius 3 is 2.38 bits per heavy atom. The topological polar surface area (TPSA) is 53.3 Å². The first kappa shape index (κ1) is 26.3. The number of hydrogen-bond acceptors (Lipinski definition) is 6. The Kier molecular flexibility index (Phi) is 7.83. The lowest BCUT2D eigenvalue weighted by atomic mass is 10.0. The summed E-state index contributed by atoms with van der Waals surface area (Å²) >= 11 is 0. The molecule has 0 unspecified atom stereocenters. The molecule has 0 saturated carbocycles. The maximum Gasteiger partial charge on any atom is 0.251 e. The van der Waals surface area contributed by atoms with Gasteiger partial charge in [-0.2, -0.15) is 0 Å². The molecule has 1 saturated heterocycles. The number of piperazine rings is 1. The van der Waals surface area contributed by atoms with Gasteiger partial charge in [0.25, 0.3) is 5.90 Å². The first-order valence-corrected chi connectivity index (χ1v) is 12.4. The number of anilines is 1. The van der Waals surface area contributed by atoms with E-state index in [1.807, 2.05) is 12.1 Å². The summed E-state index contributed by atoms with van der Waals surface area (Å²) in [5.74, 6) is -2.46. The summed E-state index contributed by atoms with van der Waals surface area (Å²) in [6, 6.07) is 13.8. The lowest BCUT2D eigenvalue weighted by Crippen LogP contribution is -2.47. The third kappa shape index (κ3) is 6.06. The zero-order chi connectivity index (χ0) is 27.4. The van der Waals surface area contributed by atoms with Crippen LogP contribution in [-0.2, 0) is 4.84 Å². The smallest absolute Gasteiger partial charge is 0.251 e. The fourth-order valence-corrected chi connectivity index (χ4v) is 4.71. The Morgan fingerprint density at radius 2 is 1.64 bits per heavy atom. The van der Waals surface area contributed by atoms with E-state index in [1.54, 1.807) is 18.3 Å². The predicted molar refractivity (Wildman–Crippen MR) is 144 cm³/mol. The van der Waals surface area contributed by atoms with Crippen molar-refractivity contribution >= 4 is 29.2 Å². The molecule has 39 heavy (non-hydrogen) atoms. The second-order valence-electron chi connectivity index (χ2n) is 9.08. The molecule has 6 nitrogen and oxygen atoms in total. The highest BCUT2D eigenvalue weighted by molar-refractivity contribution is 5.95. The van der Waals surface area contributed by atoms with Crippen molar-refractivity contribution in [2.24, 2.45) is 10.1 Å². The molecule has 200 valence electrons. The number of hydrogen-bond donors (Lipinski definition) is 0. The van der Waals surface area contributed by atoms with Crippen LogP contribution in [0.25, 0.3) is 22.0 Å². The number of rotatable bonds is 7. The largest absolute Gasteiger partial charge is 0.368 e. The van der Waals surface area contributed by atoms with E-state index in [1.165, 1.54) is 6.07 Å². The van der Waals surface area contributed by atoms with Gasteiger partial charge >= 0.3 is 0 Å². The number of benzene rings is 3. The van der Waals surface area contributed by atoms with Crippen LogP contribution in [0.1, 0.15) is 5.56 Å². The molecule has 0 spiro atoms. The molecule has 0 radical (unpaired) electrons. The molecule has 1 fully saturated rings. The SMILES string of the molecule is C=NOC(=NCCN1CCN(c2ccnc3cc(-c4cc(F)ccc4F)ccc23)CC1)c1cc(F)cc(F)c1.